The van der Waals surface area contributed by atoms with Crippen LogP contribution in [0, 0.1) is 6.92 Å². The van der Waals surface area contributed by atoms with E-state index in [1.807, 2.05) is 13.0 Å². The van der Waals surface area contributed by atoms with Gasteiger partial charge in [0.05, 0.1) is 32.3 Å². The monoisotopic (exact) mass is 659 g/mol. The van der Waals surface area contributed by atoms with E-state index >= 15 is 0 Å². The zero-order valence-corrected chi connectivity index (χ0v) is 27.5. The van der Waals surface area contributed by atoms with Crippen LogP contribution in [-0.4, -0.2) is 44.3 Å². The Morgan fingerprint density at radius 1 is 0.804 bits per heavy atom. The predicted molar refractivity (Wildman–Crippen MR) is 183 cm³/mol. The fourth-order valence-electron chi connectivity index (χ4n) is 4.32. The molecule has 4 aromatic carbocycles. The maximum Gasteiger partial charge on any atom is 0.272 e. The molecule has 4 rings (SSSR count). The molecule has 0 saturated heterocycles. The highest BCUT2D eigenvalue weighted by atomic mass is 35.5. The van der Waals surface area contributed by atoms with Gasteiger partial charge in [0.15, 0.2) is 11.5 Å². The van der Waals surface area contributed by atoms with Crippen molar-refractivity contribution >= 4 is 58.5 Å². The van der Waals surface area contributed by atoms with E-state index in [0.29, 0.717) is 44.8 Å². The molecule has 1 unspecified atom stereocenters. The summed E-state index contributed by atoms with van der Waals surface area (Å²) in [7, 11) is 4.56. The van der Waals surface area contributed by atoms with Crippen LogP contribution in [0.4, 0.5) is 11.4 Å². The Labute approximate surface area is 277 Å². The van der Waals surface area contributed by atoms with Gasteiger partial charge in [0.2, 0.25) is 5.91 Å². The van der Waals surface area contributed by atoms with Crippen LogP contribution in [0.2, 0.25) is 5.02 Å². The van der Waals surface area contributed by atoms with Gasteiger partial charge >= 0.3 is 0 Å². The van der Waals surface area contributed by atoms with Crippen molar-refractivity contribution in [2.24, 2.45) is 0 Å². The third-order valence-corrected chi connectivity index (χ3v) is 8.26. The summed E-state index contributed by atoms with van der Waals surface area (Å²) in [6, 6.07) is 24.3. The first-order valence-electron chi connectivity index (χ1n) is 14.1. The van der Waals surface area contributed by atoms with Crippen LogP contribution >= 0.6 is 23.4 Å². The molecule has 0 saturated carbocycles. The van der Waals surface area contributed by atoms with Crippen molar-refractivity contribution in [1.29, 1.82) is 0 Å². The first-order valence-corrected chi connectivity index (χ1v) is 15.4. The van der Waals surface area contributed by atoms with Crippen LogP contribution in [-0.2, 0) is 9.59 Å². The number of methoxy groups -OCH3 is 3. The van der Waals surface area contributed by atoms with Gasteiger partial charge in [0.25, 0.3) is 11.8 Å². The third kappa shape index (κ3) is 8.83. The van der Waals surface area contributed by atoms with Gasteiger partial charge < -0.3 is 30.2 Å². The fourth-order valence-corrected chi connectivity index (χ4v) is 5.40. The van der Waals surface area contributed by atoms with Crippen molar-refractivity contribution in [3.8, 4) is 17.2 Å². The molecule has 0 aliphatic rings. The summed E-state index contributed by atoms with van der Waals surface area (Å²) in [4.78, 5) is 40.4. The Morgan fingerprint density at radius 3 is 2.22 bits per heavy atom. The number of hydrogen-bond acceptors (Lipinski definition) is 7. The molecule has 0 aromatic heterocycles. The van der Waals surface area contributed by atoms with Gasteiger partial charge in [-0.3, -0.25) is 14.4 Å². The number of thioether (sulfide) groups is 1. The largest absolute Gasteiger partial charge is 0.495 e. The normalized spacial score (nSPS) is 11.7. The van der Waals surface area contributed by atoms with E-state index in [1.54, 1.807) is 91.9 Å². The summed E-state index contributed by atoms with van der Waals surface area (Å²) < 4.78 is 16.1. The van der Waals surface area contributed by atoms with Gasteiger partial charge in [0.1, 0.15) is 11.4 Å². The summed E-state index contributed by atoms with van der Waals surface area (Å²) >= 11 is 7.52. The van der Waals surface area contributed by atoms with E-state index in [2.05, 4.69) is 16.0 Å². The molecule has 0 spiro atoms. The molecular weight excluding hydrogens is 626 g/mol. The van der Waals surface area contributed by atoms with Crippen LogP contribution in [0.5, 0.6) is 17.2 Å². The number of benzene rings is 4. The average Bonchev–Trinajstić information content (AvgIpc) is 3.06. The molecule has 238 valence electrons. The minimum Gasteiger partial charge on any atom is -0.495 e. The standard InChI is InChI=1S/C35H34ClN3O6S/c1-21-16-28(31(44-4)20-27(21)36)38-33(40)22(2)46-26-13-9-12-25(19-26)37-35(42)29(39-34(41)24-10-7-6-8-11-24)17-23-14-15-30(43-3)32(18-23)45-5/h6-20,22H,1-5H3,(H,37,42)(H,38,40)(H,39,41)/b29-17+. The lowest BCUT2D eigenvalue weighted by Crippen LogP contribution is -2.30. The molecular formula is C35H34ClN3O6S. The van der Waals surface area contributed by atoms with Gasteiger partial charge in [-0.2, -0.15) is 0 Å². The number of carbonyl (C=O) groups is 3. The Balaban J connectivity index is 1.52. The topological polar surface area (TPSA) is 115 Å². The summed E-state index contributed by atoms with van der Waals surface area (Å²) in [6.07, 6.45) is 1.55. The van der Waals surface area contributed by atoms with Gasteiger partial charge in [0, 0.05) is 27.2 Å². The fraction of sp³-hybridized carbons (Fsp3) is 0.171. The highest BCUT2D eigenvalue weighted by Crippen LogP contribution is 2.33. The second kappa shape index (κ2) is 15.9. The number of hydrogen-bond donors (Lipinski definition) is 3. The van der Waals surface area contributed by atoms with Crippen molar-refractivity contribution in [3.05, 3.63) is 112 Å². The molecule has 3 amide bonds. The first kappa shape index (κ1) is 34.0. The number of nitrogens with one attached hydrogen (secondary N) is 3. The van der Waals surface area contributed by atoms with Crippen molar-refractivity contribution in [1.82, 2.24) is 5.32 Å². The van der Waals surface area contributed by atoms with Crippen molar-refractivity contribution in [2.75, 3.05) is 32.0 Å². The minimum atomic E-state index is -0.544. The van der Waals surface area contributed by atoms with Crippen molar-refractivity contribution in [3.63, 3.8) is 0 Å². The first-order chi connectivity index (χ1) is 22.1. The van der Waals surface area contributed by atoms with Gasteiger partial charge in [-0.1, -0.05) is 41.9 Å². The van der Waals surface area contributed by atoms with Crippen LogP contribution < -0.4 is 30.2 Å². The Kier molecular flexibility index (Phi) is 11.7. The summed E-state index contributed by atoms with van der Waals surface area (Å²) in [5.41, 5.74) is 2.82. The third-order valence-electron chi connectivity index (χ3n) is 6.76. The average molecular weight is 660 g/mol. The summed E-state index contributed by atoms with van der Waals surface area (Å²) in [5.74, 6) is 0.234. The summed E-state index contributed by atoms with van der Waals surface area (Å²) in [5, 5.41) is 8.54. The Morgan fingerprint density at radius 2 is 1.52 bits per heavy atom. The maximum absolute atomic E-state index is 13.6. The van der Waals surface area contributed by atoms with Gasteiger partial charge in [-0.15, -0.1) is 11.8 Å². The van der Waals surface area contributed by atoms with E-state index < -0.39 is 17.1 Å². The van der Waals surface area contributed by atoms with E-state index in [1.165, 1.54) is 33.1 Å². The smallest absolute Gasteiger partial charge is 0.272 e. The molecule has 0 bridgehead atoms. The number of anilines is 2. The molecule has 0 fully saturated rings. The number of halogens is 1. The lowest BCUT2D eigenvalue weighted by Gasteiger charge is -2.16. The second-order valence-electron chi connectivity index (χ2n) is 10.0. The lowest BCUT2D eigenvalue weighted by molar-refractivity contribution is -0.115. The quantitative estimate of drug-likeness (QED) is 0.109. The van der Waals surface area contributed by atoms with Crippen LogP contribution in [0.15, 0.2) is 95.5 Å². The van der Waals surface area contributed by atoms with Crippen molar-refractivity contribution < 1.29 is 28.6 Å². The van der Waals surface area contributed by atoms with E-state index in [9.17, 15) is 14.4 Å². The molecule has 46 heavy (non-hydrogen) atoms. The number of amides is 3. The lowest BCUT2D eigenvalue weighted by atomic mass is 10.1. The Hall–Kier alpha value is -4.93. The van der Waals surface area contributed by atoms with E-state index in [0.717, 1.165) is 10.5 Å². The molecule has 0 heterocycles. The Bertz CT molecular complexity index is 1760. The number of rotatable bonds is 12. The molecule has 0 radical (unpaired) electrons. The minimum absolute atomic E-state index is 0.0130. The highest BCUT2D eigenvalue weighted by molar-refractivity contribution is 8.00. The van der Waals surface area contributed by atoms with E-state index in [-0.39, 0.29) is 11.6 Å². The van der Waals surface area contributed by atoms with Crippen molar-refractivity contribution in [2.45, 2.75) is 24.0 Å². The summed E-state index contributed by atoms with van der Waals surface area (Å²) in [6.45, 7) is 3.63. The van der Waals surface area contributed by atoms with E-state index in [4.69, 9.17) is 25.8 Å². The number of aryl methyl sites for hydroxylation is 1. The number of carbonyl (C=O) groups excluding carboxylic acids is 3. The van der Waals surface area contributed by atoms with Crippen LogP contribution in [0.25, 0.3) is 6.08 Å². The molecule has 9 nitrogen and oxygen atoms in total. The van der Waals surface area contributed by atoms with Crippen LogP contribution in [0.3, 0.4) is 0 Å². The molecule has 11 heteroatoms. The zero-order valence-electron chi connectivity index (χ0n) is 26.0. The molecule has 4 aromatic rings. The maximum atomic E-state index is 13.6. The van der Waals surface area contributed by atoms with Crippen LogP contribution in [0.1, 0.15) is 28.4 Å². The SMILES string of the molecule is COc1cc(Cl)c(C)cc1NC(=O)C(C)Sc1cccc(NC(=O)/C(=C\c2ccc(OC)c(OC)c2)NC(=O)c2ccccc2)c1. The van der Waals surface area contributed by atoms with Gasteiger partial charge in [-0.05, 0) is 79.6 Å². The number of ether oxygens (including phenoxy) is 3. The zero-order chi connectivity index (χ0) is 33.2. The molecule has 1 atom stereocenters. The second-order valence-corrected chi connectivity index (χ2v) is 11.8. The van der Waals surface area contributed by atoms with Gasteiger partial charge in [-0.25, -0.2) is 0 Å². The molecule has 0 aliphatic carbocycles. The molecule has 0 aliphatic heterocycles. The predicted octanol–water partition coefficient (Wildman–Crippen LogP) is 7.20. The molecule has 3 N–H and O–H groups in total. The highest BCUT2D eigenvalue weighted by Gasteiger charge is 2.19.